The van der Waals surface area contributed by atoms with Crippen molar-refractivity contribution in [3.05, 3.63) is 10.1 Å². The van der Waals surface area contributed by atoms with E-state index < -0.39 is 10.5 Å². The molecule has 0 radical (unpaired) electrons. The maximum atomic E-state index is 11.4. The summed E-state index contributed by atoms with van der Waals surface area (Å²) in [4.78, 5) is 9.79. The predicted molar refractivity (Wildman–Crippen MR) is 24.5 cm³/mol. The molecule has 8 heteroatoms. The van der Waals surface area contributed by atoms with E-state index in [1.165, 1.54) is 0 Å². The van der Waals surface area contributed by atoms with Gasteiger partial charge in [0.1, 0.15) is 5.45 Å². The molecule has 0 bridgehead atoms. The average Bonchev–Trinajstić information content (AvgIpc) is 1.56. The Morgan fingerprint density at radius 1 is 1.50 bits per heavy atom. The fraction of sp³-hybridized carbons (Fsp3) is 1.00. The lowest BCUT2D eigenvalue weighted by Gasteiger charge is -2.33. The Morgan fingerprint density at radius 2 is 2.00 bits per heavy atom. The predicted octanol–water partition coefficient (Wildman–Crippen LogP) is -0.303. The summed E-state index contributed by atoms with van der Waals surface area (Å²) in [6, 6.07) is 0. The van der Waals surface area contributed by atoms with Crippen LogP contribution < -0.4 is 0 Å². The maximum Gasteiger partial charge on any atom is 0.162 e. The van der Waals surface area contributed by atoms with Crippen LogP contribution >= 0.6 is 0 Å². The fourth-order valence-corrected chi connectivity index (χ4v) is 0.534. The molecule has 0 saturated carbocycles. The Hall–Kier alpha value is -1.02. The summed E-state index contributed by atoms with van der Waals surface area (Å²) in [5, 5.41) is 10.2. The van der Waals surface area contributed by atoms with Gasteiger partial charge < -0.3 is 0 Å². The number of nitrogens with zero attached hydrogens (tertiary/aromatic N) is 4. The summed E-state index contributed by atoms with van der Waals surface area (Å²) < 4.78 is 22.9. The van der Waals surface area contributed by atoms with Crippen molar-refractivity contribution in [2.45, 2.75) is 0 Å². The van der Waals surface area contributed by atoms with Crippen LogP contribution in [0.15, 0.2) is 0 Å². The van der Waals surface area contributed by atoms with Crippen molar-refractivity contribution in [2.24, 2.45) is 0 Å². The first-order valence-electron chi connectivity index (χ1n) is 2.37. The first-order chi connectivity index (χ1) is 4.61. The van der Waals surface area contributed by atoms with E-state index in [4.69, 9.17) is 0 Å². The average molecular weight is 154 g/mol. The van der Waals surface area contributed by atoms with Crippen LogP contribution in [0.2, 0.25) is 0 Å². The highest BCUT2D eigenvalue weighted by molar-refractivity contribution is 4.52. The summed E-state index contributed by atoms with van der Waals surface area (Å²) in [6.07, 6.45) is 0. The molecule has 1 heterocycles. The topological polar surface area (TPSA) is 52.9 Å². The SMILES string of the molecule is O=[N+]([O-])N1CN(N(F)F)C1. The first-order valence-corrected chi connectivity index (χ1v) is 2.37. The number of hydrogen-bond acceptors (Lipinski definition) is 4. The molecule has 0 aromatic rings. The van der Waals surface area contributed by atoms with Gasteiger partial charge in [-0.3, -0.25) is 0 Å². The van der Waals surface area contributed by atoms with Crippen molar-refractivity contribution in [3.8, 4) is 0 Å². The fourth-order valence-electron chi connectivity index (χ4n) is 0.534. The van der Waals surface area contributed by atoms with Gasteiger partial charge in [0.2, 0.25) is 0 Å². The number of nitro groups is 1. The van der Waals surface area contributed by atoms with Crippen molar-refractivity contribution in [1.29, 1.82) is 0 Å². The highest BCUT2D eigenvalue weighted by atomic mass is 19.4. The van der Waals surface area contributed by atoms with E-state index in [1.807, 2.05) is 0 Å². The summed E-state index contributed by atoms with van der Waals surface area (Å²) in [5.74, 6) is 0. The third-order valence-corrected chi connectivity index (χ3v) is 1.10. The minimum absolute atomic E-state index is 0.361. The van der Waals surface area contributed by atoms with Gasteiger partial charge in [0, 0.05) is 0 Å². The molecular formula is C2H4F2N4O2. The summed E-state index contributed by atoms with van der Waals surface area (Å²) in [7, 11) is 0. The lowest BCUT2D eigenvalue weighted by atomic mass is 10.7. The number of hydrogen-bond donors (Lipinski definition) is 0. The second kappa shape index (κ2) is 2.31. The molecule has 0 atom stereocenters. The van der Waals surface area contributed by atoms with E-state index in [2.05, 4.69) is 0 Å². The lowest BCUT2D eigenvalue weighted by Crippen LogP contribution is -2.60. The highest BCUT2D eigenvalue weighted by Crippen LogP contribution is 2.11. The van der Waals surface area contributed by atoms with Crippen LogP contribution in [0.3, 0.4) is 0 Å². The quantitative estimate of drug-likeness (QED) is 0.310. The van der Waals surface area contributed by atoms with Gasteiger partial charge in [-0.15, -0.1) is 5.01 Å². The van der Waals surface area contributed by atoms with Gasteiger partial charge in [-0.1, -0.05) is 14.0 Å². The van der Waals surface area contributed by atoms with Gasteiger partial charge in [-0.05, 0) is 0 Å². The van der Waals surface area contributed by atoms with E-state index in [9.17, 15) is 19.1 Å². The van der Waals surface area contributed by atoms with Crippen LogP contribution in [-0.4, -0.2) is 33.8 Å². The lowest BCUT2D eigenvalue weighted by molar-refractivity contribution is -0.698. The van der Waals surface area contributed by atoms with Crippen molar-refractivity contribution in [1.82, 2.24) is 15.5 Å². The molecule has 1 saturated heterocycles. The van der Waals surface area contributed by atoms with E-state index in [1.54, 1.807) is 0 Å². The molecule has 0 unspecified atom stereocenters. The molecule has 1 fully saturated rings. The van der Waals surface area contributed by atoms with Gasteiger partial charge >= 0.3 is 0 Å². The Labute approximate surface area is 54.2 Å². The van der Waals surface area contributed by atoms with Crippen LogP contribution in [0.25, 0.3) is 0 Å². The molecule has 0 aliphatic carbocycles. The molecule has 0 spiro atoms. The second-order valence-electron chi connectivity index (χ2n) is 1.75. The molecule has 0 amide bonds. The van der Waals surface area contributed by atoms with Crippen molar-refractivity contribution in [3.63, 3.8) is 0 Å². The van der Waals surface area contributed by atoms with E-state index >= 15 is 0 Å². The smallest absolute Gasteiger partial charge is 0.162 e. The van der Waals surface area contributed by atoms with Gasteiger partial charge in [-0.2, -0.15) is 0 Å². The zero-order chi connectivity index (χ0) is 7.72. The number of rotatable bonds is 2. The van der Waals surface area contributed by atoms with Crippen molar-refractivity contribution in [2.75, 3.05) is 13.3 Å². The first kappa shape index (κ1) is 7.09. The van der Waals surface area contributed by atoms with Crippen LogP contribution in [0.1, 0.15) is 0 Å². The molecular weight excluding hydrogens is 150 g/mol. The number of halogens is 2. The molecule has 0 N–H and O–H groups in total. The Morgan fingerprint density at radius 3 is 2.30 bits per heavy atom. The van der Waals surface area contributed by atoms with E-state index in [0.717, 1.165) is 0 Å². The molecule has 0 aromatic heterocycles. The van der Waals surface area contributed by atoms with E-state index in [-0.39, 0.29) is 13.3 Å². The zero-order valence-electron chi connectivity index (χ0n) is 4.78. The Kier molecular flexibility index (Phi) is 1.64. The molecule has 1 aliphatic rings. The molecule has 1 aliphatic heterocycles. The van der Waals surface area contributed by atoms with Crippen LogP contribution in [0, 0.1) is 10.1 Å². The monoisotopic (exact) mass is 154 g/mol. The Bertz CT molecular complexity index is 146. The Balaban J connectivity index is 2.24. The molecule has 0 aromatic carbocycles. The van der Waals surface area contributed by atoms with Crippen LogP contribution in [0.5, 0.6) is 0 Å². The largest absolute Gasteiger partial charge is 0.235 e. The van der Waals surface area contributed by atoms with Gasteiger partial charge in [-0.25, -0.2) is 10.1 Å². The van der Waals surface area contributed by atoms with Crippen LogP contribution in [-0.2, 0) is 0 Å². The highest BCUT2D eigenvalue weighted by Gasteiger charge is 2.36. The standard InChI is InChI=1S/C2H4F2N4O2/c3-7(4)5-1-6(2-5)8(9)10/h1-2H2. The minimum atomic E-state index is -1.17. The molecule has 58 valence electrons. The second-order valence-corrected chi connectivity index (χ2v) is 1.75. The maximum absolute atomic E-state index is 11.4. The summed E-state index contributed by atoms with van der Waals surface area (Å²) in [5.41, 5.74) is -1.17. The summed E-state index contributed by atoms with van der Waals surface area (Å²) in [6.45, 7) is -0.722. The third kappa shape index (κ3) is 1.11. The van der Waals surface area contributed by atoms with Crippen LogP contribution in [0.4, 0.5) is 8.96 Å². The molecule has 10 heavy (non-hydrogen) atoms. The zero-order valence-corrected chi connectivity index (χ0v) is 4.78. The van der Waals surface area contributed by atoms with Gasteiger partial charge in [0.15, 0.2) is 18.4 Å². The number of hydrazine groups is 2. The van der Waals surface area contributed by atoms with Gasteiger partial charge in [0.05, 0.1) is 0 Å². The van der Waals surface area contributed by atoms with Crippen molar-refractivity contribution < 1.29 is 14.0 Å². The van der Waals surface area contributed by atoms with E-state index in [0.29, 0.717) is 10.0 Å². The minimum Gasteiger partial charge on any atom is -0.235 e. The normalized spacial score (nSPS) is 19.3. The van der Waals surface area contributed by atoms with Gasteiger partial charge in [0.25, 0.3) is 0 Å². The third-order valence-electron chi connectivity index (χ3n) is 1.10. The summed E-state index contributed by atoms with van der Waals surface area (Å²) >= 11 is 0. The molecule has 6 nitrogen and oxygen atoms in total. The van der Waals surface area contributed by atoms with Crippen molar-refractivity contribution >= 4 is 0 Å². The molecule has 1 rings (SSSR count).